The van der Waals surface area contributed by atoms with E-state index < -0.39 is 0 Å². The Morgan fingerprint density at radius 3 is 2.04 bits per heavy atom. The van der Waals surface area contributed by atoms with Gasteiger partial charge in [-0.15, -0.1) is 0 Å². The van der Waals surface area contributed by atoms with Gasteiger partial charge in [-0.1, -0.05) is 6.07 Å². The molecule has 0 atom stereocenters. The highest BCUT2D eigenvalue weighted by Gasteiger charge is 2.32. The predicted molar refractivity (Wildman–Crippen MR) is 95.8 cm³/mol. The molecule has 24 heavy (non-hydrogen) atoms. The van der Waals surface area contributed by atoms with Crippen LogP contribution in [0.2, 0.25) is 0 Å². The van der Waals surface area contributed by atoms with Crippen molar-refractivity contribution < 1.29 is 9.59 Å². The molecule has 0 spiro atoms. The second-order valence-corrected chi connectivity index (χ2v) is 7.45. The Balaban J connectivity index is 1.52. The minimum absolute atomic E-state index is 0.0356. The molecule has 1 saturated heterocycles. The number of carbonyl (C=O) groups excluding carboxylic acids is 2. The average molecular weight is 328 g/mol. The summed E-state index contributed by atoms with van der Waals surface area (Å²) in [5.41, 5.74) is 3.20. The van der Waals surface area contributed by atoms with Crippen molar-refractivity contribution in [1.29, 1.82) is 0 Å². The van der Waals surface area contributed by atoms with Gasteiger partial charge in [-0.2, -0.15) is 0 Å². The number of benzene rings is 1. The summed E-state index contributed by atoms with van der Waals surface area (Å²) in [6, 6.07) is 6.12. The summed E-state index contributed by atoms with van der Waals surface area (Å²) >= 11 is 0. The van der Waals surface area contributed by atoms with Crippen molar-refractivity contribution in [3.8, 4) is 0 Å². The number of carbonyl (C=O) groups is 2. The van der Waals surface area contributed by atoms with Crippen LogP contribution in [0.15, 0.2) is 18.2 Å². The largest absolute Gasteiger partial charge is 0.342 e. The van der Waals surface area contributed by atoms with Crippen LogP contribution in [0.25, 0.3) is 0 Å². The third-order valence-corrected chi connectivity index (χ3v) is 5.35. The minimum Gasteiger partial charge on any atom is -0.342 e. The molecule has 1 N–H and O–H groups in total. The lowest BCUT2D eigenvalue weighted by atomic mass is 9.81. The van der Waals surface area contributed by atoms with Crippen LogP contribution in [-0.2, 0) is 9.59 Å². The maximum Gasteiger partial charge on any atom is 0.227 e. The van der Waals surface area contributed by atoms with E-state index in [2.05, 4.69) is 11.4 Å². The van der Waals surface area contributed by atoms with Gasteiger partial charge in [0, 0.05) is 30.6 Å². The quantitative estimate of drug-likeness (QED) is 0.920. The fourth-order valence-corrected chi connectivity index (χ4v) is 4.09. The van der Waals surface area contributed by atoms with E-state index in [1.165, 1.54) is 0 Å². The highest BCUT2D eigenvalue weighted by Crippen LogP contribution is 2.31. The first kappa shape index (κ1) is 17.0. The van der Waals surface area contributed by atoms with Crippen LogP contribution < -0.4 is 5.32 Å². The Kier molecular flexibility index (Phi) is 5.22. The third-order valence-electron chi connectivity index (χ3n) is 5.35. The second-order valence-electron chi connectivity index (χ2n) is 7.45. The molecule has 4 nitrogen and oxygen atoms in total. The van der Waals surface area contributed by atoms with Crippen molar-refractivity contribution in [3.05, 3.63) is 29.3 Å². The van der Waals surface area contributed by atoms with E-state index in [0.29, 0.717) is 5.91 Å². The minimum atomic E-state index is 0.0356. The summed E-state index contributed by atoms with van der Waals surface area (Å²) < 4.78 is 0. The van der Waals surface area contributed by atoms with E-state index in [9.17, 15) is 9.59 Å². The fourth-order valence-electron chi connectivity index (χ4n) is 4.09. The van der Waals surface area contributed by atoms with Gasteiger partial charge in [0.25, 0.3) is 0 Å². The summed E-state index contributed by atoms with van der Waals surface area (Å²) in [5.74, 6) is 0.592. The Labute approximate surface area is 144 Å². The monoisotopic (exact) mass is 328 g/mol. The van der Waals surface area contributed by atoms with Crippen LogP contribution in [0.4, 0.5) is 5.69 Å². The van der Waals surface area contributed by atoms with Crippen LogP contribution in [0.3, 0.4) is 0 Å². The lowest BCUT2D eigenvalue weighted by Crippen LogP contribution is -2.37. The molecule has 1 heterocycles. The molecule has 1 aliphatic carbocycles. The summed E-state index contributed by atoms with van der Waals surface area (Å²) in [7, 11) is 0. The second kappa shape index (κ2) is 7.37. The predicted octanol–water partition coefficient (Wildman–Crippen LogP) is 3.67. The van der Waals surface area contributed by atoms with Gasteiger partial charge in [-0.25, -0.2) is 0 Å². The Bertz CT molecular complexity index is 592. The van der Waals surface area contributed by atoms with Crippen LogP contribution in [0, 0.1) is 25.7 Å². The lowest BCUT2D eigenvalue weighted by molar-refractivity contribution is -0.136. The molecule has 1 aromatic rings. The fraction of sp³-hybridized carbons (Fsp3) is 0.600. The number of amides is 2. The standard InChI is InChI=1S/C20H28N2O2/c1-14-11-15(2)13-18(12-14)21-19(23)16-5-7-17(8-6-16)20(24)22-9-3-4-10-22/h11-13,16-17H,3-10H2,1-2H3,(H,21,23). The molecule has 0 unspecified atom stereocenters. The normalized spacial score (nSPS) is 24.0. The van der Waals surface area contributed by atoms with Gasteiger partial charge in [0.2, 0.25) is 11.8 Å². The number of rotatable bonds is 3. The van der Waals surface area contributed by atoms with E-state index in [0.717, 1.165) is 68.4 Å². The molecule has 4 heteroatoms. The summed E-state index contributed by atoms with van der Waals surface area (Å²) in [6.07, 6.45) is 5.61. The molecular weight excluding hydrogens is 300 g/mol. The summed E-state index contributed by atoms with van der Waals surface area (Å²) in [6.45, 7) is 5.92. The van der Waals surface area contributed by atoms with Crippen LogP contribution >= 0.6 is 0 Å². The van der Waals surface area contributed by atoms with Crippen LogP contribution in [-0.4, -0.2) is 29.8 Å². The lowest BCUT2D eigenvalue weighted by Gasteiger charge is -2.29. The van der Waals surface area contributed by atoms with Crippen LogP contribution in [0.5, 0.6) is 0 Å². The number of aryl methyl sites for hydroxylation is 2. The molecule has 1 aliphatic heterocycles. The van der Waals surface area contributed by atoms with Gasteiger partial charge in [0.1, 0.15) is 0 Å². The summed E-state index contributed by atoms with van der Waals surface area (Å²) in [5, 5.41) is 3.06. The van der Waals surface area contributed by atoms with Crippen molar-refractivity contribution in [3.63, 3.8) is 0 Å². The zero-order valence-corrected chi connectivity index (χ0v) is 14.8. The van der Waals surface area contributed by atoms with E-state index in [1.807, 2.05) is 30.9 Å². The molecule has 130 valence electrons. The first-order chi connectivity index (χ1) is 11.5. The summed E-state index contributed by atoms with van der Waals surface area (Å²) in [4.78, 5) is 27.0. The molecule has 3 rings (SSSR count). The van der Waals surface area contributed by atoms with Gasteiger partial charge in [-0.05, 0) is 75.6 Å². The third kappa shape index (κ3) is 3.97. The number of nitrogens with zero attached hydrogens (tertiary/aromatic N) is 1. The molecule has 2 amide bonds. The first-order valence-electron chi connectivity index (χ1n) is 9.21. The smallest absolute Gasteiger partial charge is 0.227 e. The SMILES string of the molecule is Cc1cc(C)cc(NC(=O)C2CCC(C(=O)N3CCCC3)CC2)c1. The number of hydrogen-bond acceptors (Lipinski definition) is 2. The number of hydrogen-bond donors (Lipinski definition) is 1. The molecule has 1 aromatic carbocycles. The van der Waals surface area contributed by atoms with E-state index >= 15 is 0 Å². The molecular formula is C20H28N2O2. The Morgan fingerprint density at radius 2 is 1.46 bits per heavy atom. The number of nitrogens with one attached hydrogen (secondary N) is 1. The topological polar surface area (TPSA) is 49.4 Å². The molecule has 0 aromatic heterocycles. The molecule has 2 fully saturated rings. The molecule has 0 radical (unpaired) electrons. The van der Waals surface area contributed by atoms with Gasteiger partial charge >= 0.3 is 0 Å². The van der Waals surface area contributed by atoms with Gasteiger partial charge in [0.15, 0.2) is 0 Å². The van der Waals surface area contributed by atoms with Gasteiger partial charge < -0.3 is 10.2 Å². The maximum atomic E-state index is 12.5. The van der Waals surface area contributed by atoms with Crippen molar-refractivity contribution in [2.24, 2.45) is 11.8 Å². The zero-order valence-electron chi connectivity index (χ0n) is 14.8. The number of likely N-dealkylation sites (tertiary alicyclic amines) is 1. The molecule has 0 bridgehead atoms. The zero-order chi connectivity index (χ0) is 17.1. The highest BCUT2D eigenvalue weighted by molar-refractivity contribution is 5.93. The van der Waals surface area contributed by atoms with Crippen LogP contribution in [0.1, 0.15) is 49.7 Å². The molecule has 2 aliphatic rings. The Morgan fingerprint density at radius 1 is 0.917 bits per heavy atom. The van der Waals surface area contributed by atoms with Gasteiger partial charge in [0.05, 0.1) is 0 Å². The maximum absolute atomic E-state index is 12.5. The van der Waals surface area contributed by atoms with E-state index in [1.54, 1.807) is 0 Å². The number of anilines is 1. The average Bonchev–Trinajstić information content (AvgIpc) is 3.07. The van der Waals surface area contributed by atoms with E-state index in [-0.39, 0.29) is 17.7 Å². The van der Waals surface area contributed by atoms with Crippen molar-refractivity contribution in [1.82, 2.24) is 4.90 Å². The van der Waals surface area contributed by atoms with E-state index in [4.69, 9.17) is 0 Å². The van der Waals surface area contributed by atoms with Gasteiger partial charge in [-0.3, -0.25) is 9.59 Å². The Hall–Kier alpha value is -1.84. The van der Waals surface area contributed by atoms with Crippen molar-refractivity contribution in [2.75, 3.05) is 18.4 Å². The highest BCUT2D eigenvalue weighted by atomic mass is 16.2. The molecule has 1 saturated carbocycles. The first-order valence-corrected chi connectivity index (χ1v) is 9.21. The van der Waals surface area contributed by atoms with Crippen molar-refractivity contribution in [2.45, 2.75) is 52.4 Å². The van der Waals surface area contributed by atoms with Crippen molar-refractivity contribution >= 4 is 17.5 Å².